The molecule has 0 aliphatic heterocycles. The monoisotopic (exact) mass is 313 g/mol. The molecule has 2 aromatic heterocycles. The molecular formula is C22H19NO. The summed E-state index contributed by atoms with van der Waals surface area (Å²) in [6.07, 6.45) is 0. The van der Waals surface area contributed by atoms with Gasteiger partial charge in [0.15, 0.2) is 5.58 Å². The molecule has 2 heterocycles. The molecule has 0 saturated carbocycles. The Hall–Kier alpha value is -2.74. The fourth-order valence-electron chi connectivity index (χ4n) is 4.05. The molecule has 5 aromatic rings. The lowest BCUT2D eigenvalue weighted by Crippen LogP contribution is -1.88. The van der Waals surface area contributed by atoms with Crippen molar-refractivity contribution in [2.45, 2.75) is 19.8 Å². The van der Waals surface area contributed by atoms with E-state index in [1.807, 2.05) is 0 Å². The maximum Gasteiger partial charge on any atom is 0.159 e. The van der Waals surface area contributed by atoms with Crippen molar-refractivity contribution >= 4 is 43.7 Å². The molecule has 5 rings (SSSR count). The van der Waals surface area contributed by atoms with E-state index in [0.717, 1.165) is 11.2 Å². The van der Waals surface area contributed by atoms with Crippen LogP contribution in [0.1, 0.15) is 25.3 Å². The maximum atomic E-state index is 6.35. The minimum atomic E-state index is 0.470. The lowest BCUT2D eigenvalue weighted by Gasteiger charge is -2.06. The summed E-state index contributed by atoms with van der Waals surface area (Å²) in [5.74, 6) is 0.470. The van der Waals surface area contributed by atoms with Gasteiger partial charge >= 0.3 is 0 Å². The van der Waals surface area contributed by atoms with Gasteiger partial charge in [-0.1, -0.05) is 50.2 Å². The van der Waals surface area contributed by atoms with E-state index in [0.29, 0.717) is 5.92 Å². The number of benzene rings is 3. The highest BCUT2D eigenvalue weighted by Crippen LogP contribution is 2.40. The Morgan fingerprint density at radius 1 is 0.833 bits per heavy atom. The van der Waals surface area contributed by atoms with Gasteiger partial charge < -0.3 is 8.98 Å². The minimum Gasteiger partial charge on any atom is -0.454 e. The summed E-state index contributed by atoms with van der Waals surface area (Å²) in [5.41, 5.74) is 5.75. The highest BCUT2D eigenvalue weighted by molar-refractivity contribution is 6.21. The summed E-state index contributed by atoms with van der Waals surface area (Å²) in [6, 6.07) is 19.4. The van der Waals surface area contributed by atoms with Gasteiger partial charge in [0.1, 0.15) is 5.58 Å². The molecule has 0 fully saturated rings. The van der Waals surface area contributed by atoms with E-state index in [1.54, 1.807) is 0 Å². The van der Waals surface area contributed by atoms with Crippen LogP contribution in [-0.4, -0.2) is 4.57 Å². The largest absolute Gasteiger partial charge is 0.454 e. The van der Waals surface area contributed by atoms with Crippen LogP contribution in [0.25, 0.3) is 43.7 Å². The maximum absolute atomic E-state index is 6.35. The summed E-state index contributed by atoms with van der Waals surface area (Å²) in [7, 11) is 2.13. The number of aromatic nitrogens is 1. The molecule has 3 aromatic carbocycles. The Morgan fingerprint density at radius 2 is 1.62 bits per heavy atom. The number of furan rings is 1. The first-order valence-electron chi connectivity index (χ1n) is 8.48. The number of hydrogen-bond acceptors (Lipinski definition) is 1. The molecule has 0 N–H and O–H groups in total. The molecule has 0 unspecified atom stereocenters. The number of aryl methyl sites for hydroxylation is 1. The second-order valence-corrected chi connectivity index (χ2v) is 6.89. The summed E-state index contributed by atoms with van der Waals surface area (Å²) in [5, 5.41) is 5.01. The Bertz CT molecular complexity index is 1240. The Labute approximate surface area is 140 Å². The van der Waals surface area contributed by atoms with E-state index in [2.05, 4.69) is 80.1 Å². The molecule has 0 saturated heterocycles. The molecule has 0 atom stereocenters. The Kier molecular flexibility index (Phi) is 2.64. The number of para-hydroxylation sites is 1. The van der Waals surface area contributed by atoms with Crippen molar-refractivity contribution < 1.29 is 4.42 Å². The third kappa shape index (κ3) is 1.60. The van der Waals surface area contributed by atoms with Crippen LogP contribution in [0.4, 0.5) is 0 Å². The molecule has 118 valence electrons. The van der Waals surface area contributed by atoms with E-state index in [1.165, 1.54) is 38.1 Å². The molecule has 0 bridgehead atoms. The minimum absolute atomic E-state index is 0.470. The van der Waals surface area contributed by atoms with Gasteiger partial charge in [-0.05, 0) is 29.7 Å². The first kappa shape index (κ1) is 13.7. The Morgan fingerprint density at radius 3 is 2.46 bits per heavy atom. The van der Waals surface area contributed by atoms with Crippen molar-refractivity contribution in [3.8, 4) is 0 Å². The molecular weight excluding hydrogens is 294 g/mol. The summed E-state index contributed by atoms with van der Waals surface area (Å²) < 4.78 is 8.60. The standard InChI is InChI=1S/C22H19NO/c1-13(2)14-8-6-10-19-20(14)17-12-11-16-15-7-4-5-9-18(15)23(3)21(16)22(17)24-19/h4-13H,1-3H3. The van der Waals surface area contributed by atoms with Crippen LogP contribution in [0, 0.1) is 0 Å². The second-order valence-electron chi connectivity index (χ2n) is 6.89. The van der Waals surface area contributed by atoms with Gasteiger partial charge in [-0.2, -0.15) is 0 Å². The summed E-state index contributed by atoms with van der Waals surface area (Å²) in [6.45, 7) is 4.48. The fourth-order valence-corrected chi connectivity index (χ4v) is 4.05. The lowest BCUT2D eigenvalue weighted by atomic mass is 9.97. The number of rotatable bonds is 1. The average molecular weight is 313 g/mol. The van der Waals surface area contributed by atoms with Crippen molar-refractivity contribution in [3.05, 3.63) is 60.2 Å². The first-order valence-corrected chi connectivity index (χ1v) is 8.48. The number of hydrogen-bond donors (Lipinski definition) is 0. The predicted molar refractivity (Wildman–Crippen MR) is 102 cm³/mol. The molecule has 0 spiro atoms. The van der Waals surface area contributed by atoms with E-state index >= 15 is 0 Å². The predicted octanol–water partition coefficient (Wildman–Crippen LogP) is 6.35. The van der Waals surface area contributed by atoms with Crippen molar-refractivity contribution in [2.24, 2.45) is 7.05 Å². The molecule has 24 heavy (non-hydrogen) atoms. The van der Waals surface area contributed by atoms with E-state index < -0.39 is 0 Å². The van der Waals surface area contributed by atoms with Gasteiger partial charge in [0.05, 0.1) is 5.52 Å². The molecule has 0 amide bonds. The number of nitrogens with zero attached hydrogens (tertiary/aromatic N) is 1. The van der Waals surface area contributed by atoms with Crippen LogP contribution in [0.3, 0.4) is 0 Å². The summed E-state index contributed by atoms with van der Waals surface area (Å²) in [4.78, 5) is 0. The van der Waals surface area contributed by atoms with E-state index in [4.69, 9.17) is 4.42 Å². The molecule has 0 aliphatic carbocycles. The second kappa shape index (κ2) is 4.64. The van der Waals surface area contributed by atoms with Gasteiger partial charge in [-0.15, -0.1) is 0 Å². The van der Waals surface area contributed by atoms with Gasteiger partial charge in [0.25, 0.3) is 0 Å². The Balaban J connectivity index is 2.06. The summed E-state index contributed by atoms with van der Waals surface area (Å²) >= 11 is 0. The quantitative estimate of drug-likeness (QED) is 0.352. The average Bonchev–Trinajstić information content (AvgIpc) is 3.11. The van der Waals surface area contributed by atoms with Crippen molar-refractivity contribution in [3.63, 3.8) is 0 Å². The van der Waals surface area contributed by atoms with Gasteiger partial charge in [-0.3, -0.25) is 0 Å². The van der Waals surface area contributed by atoms with Gasteiger partial charge in [0, 0.05) is 34.1 Å². The molecule has 2 heteroatoms. The van der Waals surface area contributed by atoms with Crippen molar-refractivity contribution in [1.29, 1.82) is 0 Å². The zero-order valence-electron chi connectivity index (χ0n) is 14.1. The van der Waals surface area contributed by atoms with Crippen LogP contribution in [-0.2, 0) is 7.05 Å². The van der Waals surface area contributed by atoms with Crippen LogP contribution < -0.4 is 0 Å². The first-order chi connectivity index (χ1) is 11.7. The molecule has 0 aliphatic rings. The zero-order chi connectivity index (χ0) is 16.4. The van der Waals surface area contributed by atoms with Gasteiger partial charge in [-0.25, -0.2) is 0 Å². The van der Waals surface area contributed by atoms with Crippen LogP contribution in [0.2, 0.25) is 0 Å². The fraction of sp³-hybridized carbons (Fsp3) is 0.182. The SMILES string of the molecule is CC(C)c1cccc2oc3c(ccc4c5ccccc5n(C)c43)c12. The lowest BCUT2D eigenvalue weighted by molar-refractivity contribution is 0.669. The van der Waals surface area contributed by atoms with Crippen LogP contribution in [0.5, 0.6) is 0 Å². The van der Waals surface area contributed by atoms with Crippen LogP contribution >= 0.6 is 0 Å². The zero-order valence-corrected chi connectivity index (χ0v) is 14.1. The highest BCUT2D eigenvalue weighted by Gasteiger charge is 2.18. The van der Waals surface area contributed by atoms with E-state index in [-0.39, 0.29) is 0 Å². The highest BCUT2D eigenvalue weighted by atomic mass is 16.3. The van der Waals surface area contributed by atoms with Crippen molar-refractivity contribution in [2.75, 3.05) is 0 Å². The molecule has 2 nitrogen and oxygen atoms in total. The van der Waals surface area contributed by atoms with Crippen molar-refractivity contribution in [1.82, 2.24) is 4.57 Å². The third-order valence-electron chi connectivity index (χ3n) is 5.18. The molecule has 0 radical (unpaired) electrons. The number of fused-ring (bicyclic) bond motifs is 7. The normalized spacial score (nSPS) is 12.3. The van der Waals surface area contributed by atoms with Gasteiger partial charge in [0.2, 0.25) is 0 Å². The van der Waals surface area contributed by atoms with E-state index in [9.17, 15) is 0 Å². The topological polar surface area (TPSA) is 18.1 Å². The third-order valence-corrected chi connectivity index (χ3v) is 5.18. The van der Waals surface area contributed by atoms with Crippen LogP contribution in [0.15, 0.2) is 59.0 Å². The smallest absolute Gasteiger partial charge is 0.159 e.